The summed E-state index contributed by atoms with van der Waals surface area (Å²) < 4.78 is 42.1. The predicted octanol–water partition coefficient (Wildman–Crippen LogP) is 10.3. The molecule has 0 saturated carbocycles. The van der Waals surface area contributed by atoms with Crippen molar-refractivity contribution in [3.63, 3.8) is 0 Å². The van der Waals surface area contributed by atoms with Crippen molar-refractivity contribution < 1.29 is 32.7 Å². The number of hydrogen-bond acceptors (Lipinski definition) is 6. The Kier molecular flexibility index (Phi) is 20.9. The fourth-order valence-electron chi connectivity index (χ4n) is 6.29. The first-order valence-corrected chi connectivity index (χ1v) is 19.3. The number of benzene rings is 2. The molecule has 0 spiro atoms. The third-order valence-corrected chi connectivity index (χ3v) is 9.20. The van der Waals surface area contributed by atoms with Crippen LogP contribution in [0.25, 0.3) is 0 Å². The van der Waals surface area contributed by atoms with E-state index < -0.39 is 42.9 Å². The molecule has 0 aliphatic heterocycles. The van der Waals surface area contributed by atoms with E-state index >= 15 is 0 Å². The first-order valence-electron chi connectivity index (χ1n) is 20.8. The fourth-order valence-corrected chi connectivity index (χ4v) is 6.29. The van der Waals surface area contributed by atoms with Gasteiger partial charge in [-0.2, -0.15) is 0 Å². The molecule has 0 fully saturated rings. The Bertz CT molecular complexity index is 1250. The maximum Gasteiger partial charge on any atom is 0.328 e. The molecule has 280 valence electrons. The molecule has 2 rings (SSSR count). The number of carbonyl (C=O) groups excluding carboxylic acids is 3. The maximum absolute atomic E-state index is 14.0. The van der Waals surface area contributed by atoms with Crippen molar-refractivity contribution in [2.75, 3.05) is 0 Å². The first kappa shape index (κ1) is 38.1. The van der Waals surface area contributed by atoms with Gasteiger partial charge >= 0.3 is 11.9 Å². The smallest absolute Gasteiger partial charge is 0.328 e. The average Bonchev–Trinajstić information content (AvgIpc) is 3.15. The Morgan fingerprint density at radius 2 is 1.26 bits per heavy atom. The van der Waals surface area contributed by atoms with Crippen LogP contribution in [0.5, 0.6) is 0 Å². The van der Waals surface area contributed by atoms with Gasteiger partial charge in [-0.1, -0.05) is 165 Å². The summed E-state index contributed by atoms with van der Waals surface area (Å²) in [6, 6.07) is 18.2. The zero-order chi connectivity index (χ0) is 38.7. The van der Waals surface area contributed by atoms with Crippen LogP contribution < -0.4 is 5.32 Å². The topological polar surface area (TPSA) is 90.9 Å². The summed E-state index contributed by atoms with van der Waals surface area (Å²) >= 11 is 0. The van der Waals surface area contributed by atoms with E-state index in [4.69, 9.17) is 18.3 Å². The second kappa shape index (κ2) is 27.5. The largest absolute Gasteiger partial charge is 0.461 e. The van der Waals surface area contributed by atoms with Crippen molar-refractivity contribution in [2.45, 2.75) is 168 Å². The minimum atomic E-state index is -2.29. The highest BCUT2D eigenvalue weighted by Gasteiger charge is 2.34. The van der Waals surface area contributed by atoms with Crippen LogP contribution in [0.3, 0.4) is 0 Å². The van der Waals surface area contributed by atoms with Gasteiger partial charge in [0.15, 0.2) is 0 Å². The van der Waals surface area contributed by atoms with E-state index in [0.717, 1.165) is 62.5 Å². The molecule has 0 bridgehead atoms. The molecule has 0 radical (unpaired) electrons. The highest BCUT2D eigenvalue weighted by Crippen LogP contribution is 2.27. The fraction of sp³-hybridized carbons (Fsp3) is 0.651. The first-order chi connectivity index (χ1) is 25.6. The zero-order valence-corrected chi connectivity index (χ0v) is 31.1. The van der Waals surface area contributed by atoms with Crippen LogP contribution in [0.2, 0.25) is 0 Å². The van der Waals surface area contributed by atoms with Gasteiger partial charge in [-0.15, -0.1) is 0 Å². The Labute approximate surface area is 307 Å². The van der Waals surface area contributed by atoms with Gasteiger partial charge in [-0.3, -0.25) is 9.59 Å². The summed E-state index contributed by atoms with van der Waals surface area (Å²) in [5.74, 6) is -2.45. The van der Waals surface area contributed by atoms with Crippen LogP contribution in [0.15, 0.2) is 60.7 Å². The Morgan fingerprint density at radius 3 is 1.84 bits per heavy atom. The number of carbonyl (C=O) groups is 3. The summed E-state index contributed by atoms with van der Waals surface area (Å²) in [5, 5.41) is 2.50. The monoisotopic (exact) mass is 697 g/mol. The molecule has 0 aliphatic rings. The minimum absolute atomic E-state index is 0.0847. The van der Waals surface area contributed by atoms with Gasteiger partial charge in [0.05, 0.1) is 18.6 Å². The van der Waals surface area contributed by atoms with E-state index in [1.165, 1.54) is 39.0 Å². The van der Waals surface area contributed by atoms with Gasteiger partial charge < -0.3 is 19.5 Å². The van der Waals surface area contributed by atoms with E-state index in [2.05, 4.69) is 19.2 Å². The van der Waals surface area contributed by atoms with E-state index in [1.54, 1.807) is 0 Å². The second-order valence-electron chi connectivity index (χ2n) is 13.8. The molecular weight excluding hydrogens is 626 g/mol. The Balaban J connectivity index is 2.35. The van der Waals surface area contributed by atoms with Crippen LogP contribution >= 0.6 is 0 Å². The molecular formula is C43H67NO6. The summed E-state index contributed by atoms with van der Waals surface area (Å²) in [6.45, 7) is 4.03. The van der Waals surface area contributed by atoms with Crippen molar-refractivity contribution in [1.29, 1.82) is 0 Å². The van der Waals surface area contributed by atoms with Crippen LogP contribution in [-0.2, 0) is 41.8 Å². The Morgan fingerprint density at radius 1 is 0.720 bits per heavy atom. The minimum Gasteiger partial charge on any atom is -0.461 e. The molecule has 0 aromatic heterocycles. The quantitative estimate of drug-likeness (QED) is 0.0497. The van der Waals surface area contributed by atoms with E-state index in [1.807, 2.05) is 60.7 Å². The molecule has 0 aliphatic carbocycles. The van der Waals surface area contributed by atoms with Crippen LogP contribution in [0, 0.1) is 11.8 Å². The van der Waals surface area contributed by atoms with Crippen LogP contribution in [-0.4, -0.2) is 36.6 Å². The molecule has 50 heavy (non-hydrogen) atoms. The number of rotatable bonds is 30. The molecule has 1 N–H and O–H groups in total. The Hall–Kier alpha value is -3.19. The number of esters is 2. The highest BCUT2D eigenvalue weighted by atomic mass is 16.6. The highest BCUT2D eigenvalue weighted by molar-refractivity contribution is 5.78. The van der Waals surface area contributed by atoms with Gasteiger partial charge in [-0.25, -0.2) is 4.79 Å². The van der Waals surface area contributed by atoms with Crippen molar-refractivity contribution in [3.8, 4) is 0 Å². The van der Waals surface area contributed by atoms with Crippen LogP contribution in [0.4, 0.5) is 0 Å². The van der Waals surface area contributed by atoms with Crippen LogP contribution in [0.1, 0.15) is 152 Å². The zero-order valence-electron chi connectivity index (χ0n) is 34.1. The lowest BCUT2D eigenvalue weighted by molar-refractivity contribution is -0.162. The SMILES string of the molecule is [2H]C([2H])([2H])C(C)C[C@H](NC=O)C(=O)O[C@@H](CCCCCCCCCCC)C[C@H](OCc1ccccc1)[C@H](CCCCCC)C(=O)OCc1ccccc1. The molecule has 1 unspecified atom stereocenters. The normalized spacial score (nSPS) is 15.4. The van der Waals surface area contributed by atoms with Gasteiger partial charge in [-0.05, 0) is 42.7 Å². The molecule has 0 saturated heterocycles. The van der Waals surface area contributed by atoms with E-state index in [0.29, 0.717) is 19.3 Å². The number of nitrogens with one attached hydrogen (secondary N) is 1. The van der Waals surface area contributed by atoms with Crippen molar-refractivity contribution in [1.82, 2.24) is 5.32 Å². The molecule has 0 heterocycles. The molecule has 2 aromatic carbocycles. The maximum atomic E-state index is 14.0. The third kappa shape index (κ3) is 19.3. The van der Waals surface area contributed by atoms with Gasteiger partial charge in [0.25, 0.3) is 0 Å². The number of unbranched alkanes of at least 4 members (excludes halogenated alkanes) is 11. The molecule has 7 nitrogen and oxygen atoms in total. The number of hydrogen-bond donors (Lipinski definition) is 1. The molecule has 7 heteroatoms. The van der Waals surface area contributed by atoms with E-state index in [-0.39, 0.29) is 32.0 Å². The van der Waals surface area contributed by atoms with Crippen molar-refractivity contribution >= 4 is 18.3 Å². The van der Waals surface area contributed by atoms with Gasteiger partial charge in [0, 0.05) is 10.5 Å². The standard InChI is InChI=1S/C43H67NO6/c1-5-7-9-11-12-13-14-15-22-28-38(50-43(47)40(44-34-45)30-35(3)4)31-41(48-32-36-24-18-16-19-25-36)39(29-23-10-8-6-2)42(46)49-33-37-26-20-17-21-27-37/h16-21,24-27,34-35,38-41H,5-15,22-23,28-33H2,1-4H3,(H,44,45)/t38-,39-,40-,41-/m0/s1/i3D3/t35?,38-,39-,40-,41-. The molecule has 5 atom stereocenters. The summed E-state index contributed by atoms with van der Waals surface area (Å²) in [4.78, 5) is 39.2. The van der Waals surface area contributed by atoms with Gasteiger partial charge in [0.1, 0.15) is 18.8 Å². The molecule has 1 amide bonds. The number of ether oxygens (including phenoxy) is 3. The lowest BCUT2D eigenvalue weighted by Crippen LogP contribution is -2.42. The second-order valence-corrected chi connectivity index (χ2v) is 13.8. The lowest BCUT2D eigenvalue weighted by atomic mass is 9.90. The predicted molar refractivity (Wildman–Crippen MR) is 202 cm³/mol. The summed E-state index contributed by atoms with van der Waals surface area (Å²) in [7, 11) is 0. The lowest BCUT2D eigenvalue weighted by Gasteiger charge is -2.30. The average molecular weight is 697 g/mol. The number of amides is 1. The van der Waals surface area contributed by atoms with E-state index in [9.17, 15) is 14.4 Å². The summed E-state index contributed by atoms with van der Waals surface area (Å²) in [6.07, 6.45) is 14.6. The van der Waals surface area contributed by atoms with Gasteiger partial charge in [0.2, 0.25) is 6.41 Å². The van der Waals surface area contributed by atoms with Crippen molar-refractivity contribution in [2.24, 2.45) is 11.8 Å². The van der Waals surface area contributed by atoms with Crippen molar-refractivity contribution in [3.05, 3.63) is 71.8 Å². The summed E-state index contributed by atoms with van der Waals surface area (Å²) in [5.41, 5.74) is 1.85. The molecule has 2 aromatic rings. The third-order valence-electron chi connectivity index (χ3n) is 9.20.